The molecule has 11 heteroatoms. The van der Waals surface area contributed by atoms with E-state index in [9.17, 15) is 13.2 Å². The van der Waals surface area contributed by atoms with Crippen LogP contribution in [0.25, 0.3) is 6.08 Å². The molecule has 182 valence electrons. The molecule has 0 unspecified atom stereocenters. The molecule has 1 amide bonds. The van der Waals surface area contributed by atoms with E-state index in [-0.39, 0.29) is 26.7 Å². The summed E-state index contributed by atoms with van der Waals surface area (Å²) in [5.74, 6) is 0.486. The van der Waals surface area contributed by atoms with Crippen LogP contribution in [-0.4, -0.2) is 53.7 Å². The smallest absolute Gasteiger partial charge is 0.283 e. The van der Waals surface area contributed by atoms with Crippen molar-refractivity contribution < 1.29 is 22.7 Å². The minimum absolute atomic E-state index is 0.0174. The molecule has 0 radical (unpaired) electrons. The molecule has 2 aliphatic heterocycles. The van der Waals surface area contributed by atoms with Crippen molar-refractivity contribution in [3.05, 3.63) is 64.7 Å². The highest BCUT2D eigenvalue weighted by Gasteiger charge is 2.39. The van der Waals surface area contributed by atoms with Gasteiger partial charge in [-0.1, -0.05) is 36.8 Å². The molecule has 2 heterocycles. The third-order valence-electron chi connectivity index (χ3n) is 5.21. The molecule has 0 fully saturated rings. The van der Waals surface area contributed by atoms with Gasteiger partial charge >= 0.3 is 0 Å². The van der Waals surface area contributed by atoms with Gasteiger partial charge in [0.15, 0.2) is 5.84 Å². The molecule has 2 aliphatic rings. The van der Waals surface area contributed by atoms with Gasteiger partial charge in [-0.15, -0.1) is 5.10 Å². The summed E-state index contributed by atoms with van der Waals surface area (Å²) < 4.78 is 35.5. The number of hydrogen-bond acceptors (Lipinski definition) is 8. The molecule has 1 N–H and O–H groups in total. The number of carbonyl (C=O) groups is 1. The molecule has 0 atom stereocenters. The number of carbonyl (C=O) groups excluding carboxylic acids is 1. The average molecular weight is 513 g/mol. The first-order valence-corrected chi connectivity index (χ1v) is 13.3. The molecular weight excluding hydrogens is 488 g/mol. The van der Waals surface area contributed by atoms with Crippen molar-refractivity contribution >= 4 is 49.0 Å². The average Bonchev–Trinajstić information content (AvgIpc) is 3.26. The highest BCUT2D eigenvalue weighted by atomic mass is 32.3. The molecule has 9 nitrogen and oxygen atoms in total. The van der Waals surface area contributed by atoms with E-state index in [0.717, 1.165) is 28.1 Å². The first-order valence-electron chi connectivity index (χ1n) is 10.8. The Bertz CT molecular complexity index is 1380. The summed E-state index contributed by atoms with van der Waals surface area (Å²) in [6.07, 6.45) is 1.52. The quantitative estimate of drug-likeness (QED) is 0.443. The number of nitrogens with zero attached hydrogens (tertiary/aromatic N) is 3. The van der Waals surface area contributed by atoms with Crippen LogP contribution in [0.3, 0.4) is 0 Å². The van der Waals surface area contributed by atoms with Crippen molar-refractivity contribution in [1.82, 2.24) is 5.01 Å². The van der Waals surface area contributed by atoms with Crippen LogP contribution in [0.2, 0.25) is 0 Å². The maximum absolute atomic E-state index is 12.5. The third kappa shape index (κ3) is 5.46. The third-order valence-corrected chi connectivity index (χ3v) is 8.30. The van der Waals surface area contributed by atoms with E-state index in [1.165, 1.54) is 18.6 Å². The summed E-state index contributed by atoms with van der Waals surface area (Å²) in [5, 5.41) is 13.5. The van der Waals surface area contributed by atoms with Gasteiger partial charge in [-0.2, -0.15) is 10.0 Å². The summed E-state index contributed by atoms with van der Waals surface area (Å²) in [6.45, 7) is 6.30. The minimum Gasteiger partial charge on any atom is -0.490 e. The maximum atomic E-state index is 12.5. The Hall–Kier alpha value is -3.44. The Balaban J connectivity index is 1.39. The normalized spacial score (nSPS) is 16.8. The number of amidine groups is 2. The van der Waals surface area contributed by atoms with Gasteiger partial charge in [0, 0.05) is 0 Å². The Morgan fingerprint density at radius 3 is 2.49 bits per heavy atom. The number of sulfone groups is 1. The molecule has 35 heavy (non-hydrogen) atoms. The van der Waals surface area contributed by atoms with Crippen molar-refractivity contribution in [2.24, 2.45) is 10.1 Å². The number of amides is 1. The predicted molar refractivity (Wildman–Crippen MR) is 138 cm³/mol. The van der Waals surface area contributed by atoms with Gasteiger partial charge in [0.25, 0.3) is 5.91 Å². The van der Waals surface area contributed by atoms with E-state index in [1.807, 2.05) is 26.0 Å². The van der Waals surface area contributed by atoms with E-state index in [4.69, 9.17) is 14.9 Å². The number of aryl methyl sites for hydroxylation is 2. The summed E-state index contributed by atoms with van der Waals surface area (Å²) in [6, 6.07) is 13.0. The predicted octanol–water partition coefficient (Wildman–Crippen LogP) is 3.77. The van der Waals surface area contributed by atoms with Crippen molar-refractivity contribution in [1.29, 1.82) is 5.41 Å². The first kappa shape index (κ1) is 24.7. The van der Waals surface area contributed by atoms with E-state index in [1.54, 1.807) is 24.3 Å². The lowest BCUT2D eigenvalue weighted by atomic mass is 10.1. The van der Waals surface area contributed by atoms with Crippen molar-refractivity contribution in [2.45, 2.75) is 20.8 Å². The zero-order valence-corrected chi connectivity index (χ0v) is 21.1. The fraction of sp³-hybridized carbons (Fsp3) is 0.250. The molecule has 2 aromatic carbocycles. The lowest BCUT2D eigenvalue weighted by Crippen LogP contribution is -2.35. The lowest BCUT2D eigenvalue weighted by Gasteiger charge is -2.20. The number of fused-ring (bicyclic) bond motifs is 1. The SMILES string of the molecule is CCS(=O)(=O)C1=NN2C(=N)/C(=C/c3ccc(OCCOc4ccc(C)cc4C)cc3)C(=O)N=C2S1. The molecular formula is C24H24N4O5S2. The zero-order chi connectivity index (χ0) is 25.2. The first-order chi connectivity index (χ1) is 16.7. The number of rotatable bonds is 7. The minimum atomic E-state index is -3.57. The summed E-state index contributed by atoms with van der Waals surface area (Å²) in [7, 11) is -3.57. The van der Waals surface area contributed by atoms with Gasteiger partial charge in [-0.25, -0.2) is 8.42 Å². The Morgan fingerprint density at radius 1 is 1.09 bits per heavy atom. The van der Waals surface area contributed by atoms with Crippen molar-refractivity contribution in [3.63, 3.8) is 0 Å². The van der Waals surface area contributed by atoms with Crippen LogP contribution < -0.4 is 9.47 Å². The van der Waals surface area contributed by atoms with Crippen LogP contribution in [0, 0.1) is 19.3 Å². The maximum Gasteiger partial charge on any atom is 0.283 e. The van der Waals surface area contributed by atoms with Gasteiger partial charge in [0.2, 0.25) is 19.4 Å². The molecule has 0 bridgehead atoms. The van der Waals surface area contributed by atoms with Crippen LogP contribution >= 0.6 is 11.8 Å². The number of hydrogen-bond donors (Lipinski definition) is 1. The number of ether oxygens (including phenoxy) is 2. The Kier molecular flexibility index (Phi) is 7.08. The van der Waals surface area contributed by atoms with Gasteiger partial charge in [0.1, 0.15) is 24.7 Å². The fourth-order valence-corrected chi connectivity index (χ4v) is 5.49. The molecule has 0 saturated carbocycles. The molecule has 0 aromatic heterocycles. The molecule has 0 saturated heterocycles. The van der Waals surface area contributed by atoms with Crippen LogP contribution in [0.4, 0.5) is 0 Å². The van der Waals surface area contributed by atoms with E-state index >= 15 is 0 Å². The largest absolute Gasteiger partial charge is 0.490 e. The number of thioether (sulfide) groups is 1. The Labute approximate surface area is 208 Å². The monoisotopic (exact) mass is 512 g/mol. The van der Waals surface area contributed by atoms with E-state index < -0.39 is 15.7 Å². The van der Waals surface area contributed by atoms with E-state index in [2.05, 4.69) is 16.2 Å². The fourth-order valence-electron chi connectivity index (χ4n) is 3.32. The number of hydrazone groups is 1. The topological polar surface area (TPSA) is 121 Å². The zero-order valence-electron chi connectivity index (χ0n) is 19.4. The van der Waals surface area contributed by atoms with Gasteiger partial charge in [-0.3, -0.25) is 10.2 Å². The summed E-state index contributed by atoms with van der Waals surface area (Å²) in [5.41, 5.74) is 2.93. The summed E-state index contributed by atoms with van der Waals surface area (Å²) in [4.78, 5) is 16.4. The second kappa shape index (κ2) is 10.0. The standard InChI is InChI=1S/C24H24N4O5S2/c1-4-35(30,31)24-27-28-21(25)19(22(29)26-23(28)34-24)14-17-6-8-18(9-7-17)32-11-12-33-20-10-5-15(2)13-16(20)3/h5-10,13-14,25H,4,11-12H2,1-3H3/b19-14-,25-21?. The number of aliphatic imine (C=N–C) groups is 1. The van der Waals surface area contributed by atoms with Crippen LogP contribution in [-0.2, 0) is 14.6 Å². The highest BCUT2D eigenvalue weighted by molar-refractivity contribution is 8.42. The molecule has 0 aliphatic carbocycles. The van der Waals surface area contributed by atoms with Crippen LogP contribution in [0.5, 0.6) is 11.5 Å². The molecule has 0 spiro atoms. The van der Waals surface area contributed by atoms with Crippen molar-refractivity contribution in [2.75, 3.05) is 19.0 Å². The highest BCUT2D eigenvalue weighted by Crippen LogP contribution is 2.30. The van der Waals surface area contributed by atoms with Crippen LogP contribution in [0.1, 0.15) is 23.6 Å². The van der Waals surface area contributed by atoms with Crippen molar-refractivity contribution in [3.8, 4) is 11.5 Å². The molecule has 4 rings (SSSR count). The van der Waals surface area contributed by atoms with Crippen LogP contribution in [0.15, 0.2) is 58.1 Å². The van der Waals surface area contributed by atoms with E-state index in [0.29, 0.717) is 24.5 Å². The second-order valence-corrected chi connectivity index (χ2v) is 11.2. The summed E-state index contributed by atoms with van der Waals surface area (Å²) >= 11 is 0.775. The Morgan fingerprint density at radius 2 is 1.80 bits per heavy atom. The van der Waals surface area contributed by atoms with Gasteiger partial charge in [0.05, 0.1) is 11.3 Å². The lowest BCUT2D eigenvalue weighted by molar-refractivity contribution is -0.114. The number of benzene rings is 2. The van der Waals surface area contributed by atoms with Gasteiger partial charge in [-0.05, 0) is 61.0 Å². The second-order valence-electron chi connectivity index (χ2n) is 7.82. The van der Waals surface area contributed by atoms with Gasteiger partial charge < -0.3 is 9.47 Å². The molecule has 2 aromatic rings. The number of nitrogens with one attached hydrogen (secondary N) is 1.